The second-order valence-electron chi connectivity index (χ2n) is 4.71. The summed E-state index contributed by atoms with van der Waals surface area (Å²) >= 11 is 0. The van der Waals surface area contributed by atoms with Crippen molar-refractivity contribution in [2.24, 2.45) is 0 Å². The molecule has 0 spiro atoms. The highest BCUT2D eigenvalue weighted by molar-refractivity contribution is 7.90. The first kappa shape index (κ1) is 18.4. The van der Waals surface area contributed by atoms with Crippen LogP contribution in [0, 0.1) is 0 Å². The lowest BCUT2D eigenvalue weighted by atomic mass is 10.3. The summed E-state index contributed by atoms with van der Waals surface area (Å²) < 4.78 is 63.8. The Morgan fingerprint density at radius 3 is 2.55 bits per heavy atom. The van der Waals surface area contributed by atoms with Crippen LogP contribution in [-0.2, 0) is 21.4 Å². The summed E-state index contributed by atoms with van der Waals surface area (Å²) in [4.78, 5) is 12.3. The summed E-state index contributed by atoms with van der Waals surface area (Å²) in [7, 11) is -3.08. The van der Waals surface area contributed by atoms with Crippen LogP contribution in [0.25, 0.3) is 0 Å². The number of amides is 1. The summed E-state index contributed by atoms with van der Waals surface area (Å²) in [5, 5.41) is 3.76. The van der Waals surface area contributed by atoms with E-state index < -0.39 is 34.7 Å². The maximum Gasteiger partial charge on any atom is 0.401 e. The number of hydrogen-bond donors (Lipinski definition) is 1. The molecule has 1 amide bonds. The second-order valence-corrected chi connectivity index (χ2v) is 6.39. The Balaban J connectivity index is 2.78. The molecule has 0 aromatic carbocycles. The molecule has 0 unspecified atom stereocenters. The van der Waals surface area contributed by atoms with Gasteiger partial charge in [0.2, 0.25) is 0 Å². The zero-order valence-electron chi connectivity index (χ0n) is 12.3. The van der Waals surface area contributed by atoms with Crippen molar-refractivity contribution < 1.29 is 26.4 Å². The molecule has 1 rings (SSSR count). The first-order valence-corrected chi connectivity index (χ1v) is 7.80. The number of alkyl halides is 3. The lowest BCUT2D eigenvalue weighted by Gasteiger charge is -2.24. The molecule has 1 N–H and O–H groups in total. The zero-order valence-corrected chi connectivity index (χ0v) is 13.1. The van der Waals surface area contributed by atoms with E-state index >= 15 is 0 Å². The predicted octanol–water partition coefficient (Wildman–Crippen LogP) is 0.590. The Morgan fingerprint density at radius 2 is 2.09 bits per heavy atom. The van der Waals surface area contributed by atoms with E-state index in [0.29, 0.717) is 11.4 Å². The first-order chi connectivity index (χ1) is 9.96. The number of carbonyl (C=O) groups is 1. The number of halogens is 3. The molecule has 1 aromatic rings. The van der Waals surface area contributed by atoms with Gasteiger partial charge in [-0.05, 0) is 20.9 Å². The molecule has 0 aliphatic heterocycles. The van der Waals surface area contributed by atoms with E-state index in [4.69, 9.17) is 0 Å². The maximum atomic E-state index is 12.3. The molecule has 22 heavy (non-hydrogen) atoms. The van der Waals surface area contributed by atoms with E-state index in [9.17, 15) is 26.4 Å². The minimum atomic E-state index is -4.48. The van der Waals surface area contributed by atoms with Crippen molar-refractivity contribution in [2.45, 2.75) is 37.5 Å². The third kappa shape index (κ3) is 4.98. The predicted molar refractivity (Wildman–Crippen MR) is 71.4 cm³/mol. The Hall–Kier alpha value is -1.62. The van der Waals surface area contributed by atoms with Gasteiger partial charge in [-0.2, -0.15) is 18.3 Å². The summed E-state index contributed by atoms with van der Waals surface area (Å²) in [6.07, 6.45) is -2.20. The minimum Gasteiger partial charge on any atom is -0.287 e. The number of carbonyl (C=O) groups excluding carboxylic acids is 1. The number of likely N-dealkylation sites (N-methyl/N-ethyl adjacent to an activating group) is 1. The monoisotopic (exact) mass is 342 g/mol. The van der Waals surface area contributed by atoms with Crippen LogP contribution in [0.5, 0.6) is 0 Å². The molecule has 11 heteroatoms. The van der Waals surface area contributed by atoms with Gasteiger partial charge in [0.25, 0.3) is 15.9 Å². The lowest BCUT2D eigenvalue weighted by Crippen LogP contribution is -2.47. The van der Waals surface area contributed by atoms with E-state index in [1.54, 1.807) is 11.6 Å². The van der Waals surface area contributed by atoms with E-state index in [1.807, 2.05) is 0 Å². The summed E-state index contributed by atoms with van der Waals surface area (Å²) in [5.74, 6) is -1.05. The number of aromatic nitrogens is 2. The molecule has 0 bridgehead atoms. The Labute approximate surface area is 126 Å². The molecule has 0 aliphatic rings. The molecule has 126 valence electrons. The van der Waals surface area contributed by atoms with Crippen LogP contribution < -0.4 is 4.72 Å². The van der Waals surface area contributed by atoms with Gasteiger partial charge in [0.1, 0.15) is 4.90 Å². The average molecular weight is 342 g/mol. The third-order valence-corrected chi connectivity index (χ3v) is 4.25. The quantitative estimate of drug-likeness (QED) is 0.818. The van der Waals surface area contributed by atoms with Crippen molar-refractivity contribution in [3.8, 4) is 0 Å². The topological polar surface area (TPSA) is 84.3 Å². The number of sulfonamides is 1. The molecule has 0 saturated heterocycles. The lowest BCUT2D eigenvalue weighted by molar-refractivity contribution is -0.150. The Bertz CT molecular complexity index is 627. The largest absolute Gasteiger partial charge is 0.401 e. The van der Waals surface area contributed by atoms with Crippen LogP contribution in [0.2, 0.25) is 0 Å². The molecular formula is C11H17F3N4O3S. The maximum absolute atomic E-state index is 12.3. The van der Waals surface area contributed by atoms with E-state index in [2.05, 4.69) is 5.10 Å². The fraction of sp³-hybridized carbons (Fsp3) is 0.636. The molecule has 0 radical (unpaired) electrons. The van der Waals surface area contributed by atoms with Crippen LogP contribution in [-0.4, -0.2) is 54.8 Å². The van der Waals surface area contributed by atoms with Gasteiger partial charge in [0.05, 0.1) is 18.8 Å². The number of hydrogen-bond acceptors (Lipinski definition) is 5. The summed E-state index contributed by atoms with van der Waals surface area (Å²) in [5.41, 5.74) is 0. The molecule has 7 nitrogen and oxygen atoms in total. The average Bonchev–Trinajstić information content (AvgIpc) is 2.84. The van der Waals surface area contributed by atoms with Gasteiger partial charge in [-0.15, -0.1) is 0 Å². The molecule has 1 atom stereocenters. The number of nitrogens with zero attached hydrogens (tertiary/aromatic N) is 3. The number of aryl methyl sites for hydroxylation is 1. The van der Waals surface area contributed by atoms with Crippen molar-refractivity contribution in [3.63, 3.8) is 0 Å². The van der Waals surface area contributed by atoms with Crippen molar-refractivity contribution >= 4 is 15.9 Å². The standard InChI is InChI=1S/C11H17F3N4O3S/c1-4-18-6-9(5-15-18)22(20,21)16-10(19)8(2)17(3)7-11(12,13)14/h5-6,8H,4,7H2,1-3H3,(H,16,19)/t8-/m1/s1. The van der Waals surface area contributed by atoms with Gasteiger partial charge < -0.3 is 0 Å². The third-order valence-electron chi connectivity index (χ3n) is 2.95. The molecule has 0 fully saturated rings. The highest BCUT2D eigenvalue weighted by Gasteiger charge is 2.33. The zero-order chi connectivity index (χ0) is 17.1. The van der Waals surface area contributed by atoms with Crippen LogP contribution in [0.15, 0.2) is 17.3 Å². The van der Waals surface area contributed by atoms with Gasteiger partial charge in [0.15, 0.2) is 0 Å². The van der Waals surface area contributed by atoms with Crippen LogP contribution >= 0.6 is 0 Å². The van der Waals surface area contributed by atoms with Crippen molar-refractivity contribution in [1.29, 1.82) is 0 Å². The Morgan fingerprint density at radius 1 is 1.50 bits per heavy atom. The second kappa shape index (κ2) is 6.65. The highest BCUT2D eigenvalue weighted by atomic mass is 32.2. The van der Waals surface area contributed by atoms with Crippen LogP contribution in [0.4, 0.5) is 13.2 Å². The van der Waals surface area contributed by atoms with Crippen LogP contribution in [0.3, 0.4) is 0 Å². The first-order valence-electron chi connectivity index (χ1n) is 6.32. The summed E-state index contributed by atoms with van der Waals surface area (Å²) in [6.45, 7) is 2.05. The van der Waals surface area contributed by atoms with Gasteiger partial charge in [0, 0.05) is 12.7 Å². The fourth-order valence-corrected chi connectivity index (χ4v) is 2.55. The van der Waals surface area contributed by atoms with Crippen molar-refractivity contribution in [3.05, 3.63) is 12.4 Å². The highest BCUT2D eigenvalue weighted by Crippen LogP contribution is 2.17. The van der Waals surface area contributed by atoms with E-state index in [0.717, 1.165) is 13.2 Å². The Kier molecular flexibility index (Phi) is 5.57. The molecule has 0 saturated carbocycles. The molecule has 1 aromatic heterocycles. The van der Waals surface area contributed by atoms with E-state index in [1.165, 1.54) is 17.8 Å². The normalized spacial score (nSPS) is 14.1. The van der Waals surface area contributed by atoms with Crippen molar-refractivity contribution in [2.75, 3.05) is 13.6 Å². The van der Waals surface area contributed by atoms with E-state index in [-0.39, 0.29) is 4.90 Å². The van der Waals surface area contributed by atoms with Gasteiger partial charge >= 0.3 is 6.18 Å². The molecule has 1 heterocycles. The van der Waals surface area contributed by atoms with Gasteiger partial charge in [-0.3, -0.25) is 14.4 Å². The van der Waals surface area contributed by atoms with Gasteiger partial charge in [-0.25, -0.2) is 13.1 Å². The fourth-order valence-electron chi connectivity index (χ4n) is 1.55. The van der Waals surface area contributed by atoms with Crippen molar-refractivity contribution in [1.82, 2.24) is 19.4 Å². The number of nitrogens with one attached hydrogen (secondary N) is 1. The number of rotatable bonds is 6. The molecular weight excluding hydrogens is 325 g/mol. The SMILES string of the molecule is CCn1cc(S(=O)(=O)NC(=O)[C@@H](C)N(C)CC(F)(F)F)cn1. The van der Waals surface area contributed by atoms with Gasteiger partial charge in [-0.1, -0.05) is 0 Å². The summed E-state index contributed by atoms with van der Waals surface area (Å²) in [6, 6.07) is -1.27. The molecule has 0 aliphatic carbocycles. The van der Waals surface area contributed by atoms with Crippen LogP contribution in [0.1, 0.15) is 13.8 Å². The minimum absolute atomic E-state index is 0.228. The smallest absolute Gasteiger partial charge is 0.287 e.